The average molecular weight is 778 g/mol. The van der Waals surface area contributed by atoms with Crippen LogP contribution < -0.4 is 0 Å². The first-order valence-corrected chi connectivity index (χ1v) is 18.6. The summed E-state index contributed by atoms with van der Waals surface area (Å²) in [7, 11) is 0. The Balaban J connectivity index is 1.43. The predicted molar refractivity (Wildman–Crippen MR) is 220 cm³/mol. The van der Waals surface area contributed by atoms with E-state index in [2.05, 4.69) is 39.5 Å². The van der Waals surface area contributed by atoms with E-state index >= 15 is 0 Å². The second kappa shape index (κ2) is 13.1. The molecular weight excluding hydrogens is 745 g/mol. The second-order valence-corrected chi connectivity index (χ2v) is 15.1. The maximum atomic E-state index is 14.2. The van der Waals surface area contributed by atoms with Gasteiger partial charge in [-0.3, -0.25) is 0 Å². The molecule has 0 bridgehead atoms. The first kappa shape index (κ1) is 36.8. The van der Waals surface area contributed by atoms with Crippen LogP contribution >= 0.6 is 0 Å². The van der Waals surface area contributed by atoms with E-state index in [4.69, 9.17) is 0 Å². The number of hydrogen-bond donors (Lipinski definition) is 0. The van der Waals surface area contributed by atoms with Crippen LogP contribution in [0.3, 0.4) is 0 Å². The third-order valence-corrected chi connectivity index (χ3v) is 11.0. The van der Waals surface area contributed by atoms with E-state index in [9.17, 15) is 31.6 Å². The zero-order chi connectivity index (χ0) is 40.8. The maximum Gasteiger partial charge on any atom is 0.416 e. The summed E-state index contributed by atoms with van der Waals surface area (Å²) in [5, 5.41) is 14.3. The SMILES string of the molecule is Cc1ccc2c(c1)c1cc(C)ccc1n2-c1ccc(C#N)cc1-c1cc(-c2cc(C(F)(F)F)cc(C(F)(F)F)c2)ccc1-n1c2ccc(C)cc2c2cc(C)ccc21. The van der Waals surface area contributed by atoms with Crippen LogP contribution in [0.4, 0.5) is 26.3 Å². The van der Waals surface area contributed by atoms with Gasteiger partial charge in [-0.2, -0.15) is 31.6 Å². The molecule has 0 fully saturated rings. The molecule has 2 aromatic heterocycles. The van der Waals surface area contributed by atoms with Gasteiger partial charge < -0.3 is 9.13 Å². The highest BCUT2D eigenvalue weighted by atomic mass is 19.4. The second-order valence-electron chi connectivity index (χ2n) is 15.1. The largest absolute Gasteiger partial charge is 0.416 e. The van der Waals surface area contributed by atoms with E-state index < -0.39 is 23.5 Å². The maximum absolute atomic E-state index is 14.2. The van der Waals surface area contributed by atoms with Crippen LogP contribution in [0.5, 0.6) is 0 Å². The number of nitrogens with zero attached hydrogens (tertiary/aromatic N) is 3. The molecule has 0 aliphatic rings. The number of benzene rings is 7. The topological polar surface area (TPSA) is 33.6 Å². The lowest BCUT2D eigenvalue weighted by atomic mass is 9.93. The van der Waals surface area contributed by atoms with E-state index in [1.807, 2.05) is 82.3 Å². The highest BCUT2D eigenvalue weighted by molar-refractivity contribution is 6.12. The molecule has 9 heteroatoms. The third-order valence-electron chi connectivity index (χ3n) is 11.0. The minimum Gasteiger partial charge on any atom is -0.309 e. The van der Waals surface area contributed by atoms with Crippen LogP contribution in [0.15, 0.2) is 127 Å². The molecule has 0 N–H and O–H groups in total. The van der Waals surface area contributed by atoms with Crippen LogP contribution in [0.1, 0.15) is 38.9 Å². The lowest BCUT2D eigenvalue weighted by Crippen LogP contribution is -2.11. The summed E-state index contributed by atoms with van der Waals surface area (Å²) in [4.78, 5) is 0. The molecule has 3 nitrogen and oxygen atoms in total. The molecular formula is C49H33F6N3. The first-order chi connectivity index (χ1) is 27.6. The number of nitriles is 1. The van der Waals surface area contributed by atoms with Gasteiger partial charge in [-0.05, 0) is 136 Å². The number of aromatic nitrogens is 2. The Morgan fingerprint density at radius 3 is 1.17 bits per heavy atom. The Kier molecular flexibility index (Phi) is 8.34. The molecule has 286 valence electrons. The van der Waals surface area contributed by atoms with Crippen molar-refractivity contribution < 1.29 is 26.3 Å². The summed E-state index contributed by atoms with van der Waals surface area (Å²) in [5.41, 5.74) is 7.54. The van der Waals surface area contributed by atoms with Crippen molar-refractivity contribution in [3.63, 3.8) is 0 Å². The van der Waals surface area contributed by atoms with Crippen molar-refractivity contribution in [3.05, 3.63) is 166 Å². The Morgan fingerprint density at radius 1 is 0.414 bits per heavy atom. The highest BCUT2D eigenvalue weighted by Crippen LogP contribution is 2.45. The fraction of sp³-hybridized carbons (Fsp3) is 0.122. The van der Waals surface area contributed by atoms with Gasteiger partial charge in [-0.1, -0.05) is 52.6 Å². The molecule has 9 aromatic rings. The summed E-state index contributed by atoms with van der Waals surface area (Å²) >= 11 is 0. The lowest BCUT2D eigenvalue weighted by Gasteiger charge is -2.21. The first-order valence-electron chi connectivity index (χ1n) is 18.6. The highest BCUT2D eigenvalue weighted by Gasteiger charge is 2.37. The smallest absolute Gasteiger partial charge is 0.309 e. The molecule has 0 aliphatic carbocycles. The molecule has 9 rings (SSSR count). The Bertz CT molecular complexity index is 3060. The summed E-state index contributed by atoms with van der Waals surface area (Å²) < 4.78 is 89.4. The van der Waals surface area contributed by atoms with E-state index in [1.165, 1.54) is 0 Å². The fourth-order valence-corrected chi connectivity index (χ4v) is 8.29. The molecule has 0 amide bonds. The number of rotatable bonds is 4. The zero-order valence-corrected chi connectivity index (χ0v) is 31.7. The summed E-state index contributed by atoms with van der Waals surface area (Å²) in [6, 6.07) is 38.8. The van der Waals surface area contributed by atoms with Crippen molar-refractivity contribution in [1.29, 1.82) is 5.26 Å². The van der Waals surface area contributed by atoms with Crippen LogP contribution in [0.25, 0.3) is 77.2 Å². The van der Waals surface area contributed by atoms with Crippen molar-refractivity contribution >= 4 is 43.6 Å². The van der Waals surface area contributed by atoms with Crippen molar-refractivity contribution in [2.24, 2.45) is 0 Å². The van der Waals surface area contributed by atoms with Gasteiger partial charge >= 0.3 is 12.4 Å². The van der Waals surface area contributed by atoms with E-state index in [1.54, 1.807) is 30.3 Å². The van der Waals surface area contributed by atoms with E-state index in [-0.39, 0.29) is 17.2 Å². The number of halogens is 6. The van der Waals surface area contributed by atoms with Gasteiger partial charge in [0.2, 0.25) is 0 Å². The predicted octanol–water partition coefficient (Wildman–Crippen LogP) is 14.4. The van der Waals surface area contributed by atoms with E-state index in [0.29, 0.717) is 28.1 Å². The van der Waals surface area contributed by atoms with Gasteiger partial charge in [0.05, 0.1) is 56.2 Å². The van der Waals surface area contributed by atoms with Crippen LogP contribution in [-0.2, 0) is 12.4 Å². The number of aryl methyl sites for hydroxylation is 4. The quantitative estimate of drug-likeness (QED) is 0.164. The molecule has 0 atom stereocenters. The number of fused-ring (bicyclic) bond motifs is 6. The summed E-state index contributed by atoms with van der Waals surface area (Å²) in [6.45, 7) is 8.07. The molecule has 0 radical (unpaired) electrons. The average Bonchev–Trinajstić information content (AvgIpc) is 3.67. The van der Waals surface area contributed by atoms with Crippen molar-refractivity contribution in [2.75, 3.05) is 0 Å². The molecule has 0 aliphatic heterocycles. The molecule has 2 heterocycles. The van der Waals surface area contributed by atoms with Gasteiger partial charge in [0, 0.05) is 32.7 Å². The van der Waals surface area contributed by atoms with Crippen molar-refractivity contribution in [1.82, 2.24) is 9.13 Å². The molecule has 0 saturated heterocycles. The minimum absolute atomic E-state index is 0.140. The van der Waals surface area contributed by atoms with Crippen LogP contribution in [-0.4, -0.2) is 9.13 Å². The number of hydrogen-bond acceptors (Lipinski definition) is 1. The molecule has 0 spiro atoms. The van der Waals surface area contributed by atoms with Gasteiger partial charge in [0.25, 0.3) is 0 Å². The molecule has 7 aromatic carbocycles. The standard InChI is InChI=1S/C49H33F6N3/c1-27-5-11-42-36(17-27)37-18-28(2)6-12-43(37)57(42)46-15-9-31(26-56)21-40(46)41-24-32(33-22-34(48(50,51)52)25-35(23-33)49(53,54)55)10-16-47(41)58-44-13-7-29(3)19-38(44)39-20-30(4)8-14-45(39)58/h5-25H,1-4H3. The van der Waals surface area contributed by atoms with E-state index in [0.717, 1.165) is 78.0 Å². The summed E-state index contributed by atoms with van der Waals surface area (Å²) in [5.74, 6) is 0. The van der Waals surface area contributed by atoms with Crippen molar-refractivity contribution in [3.8, 4) is 39.7 Å². The van der Waals surface area contributed by atoms with Gasteiger partial charge in [-0.15, -0.1) is 0 Å². The minimum atomic E-state index is -5.03. The molecule has 0 saturated carbocycles. The lowest BCUT2D eigenvalue weighted by molar-refractivity contribution is -0.143. The van der Waals surface area contributed by atoms with Gasteiger partial charge in [0.1, 0.15) is 0 Å². The molecule has 58 heavy (non-hydrogen) atoms. The third kappa shape index (κ3) is 6.08. The zero-order valence-electron chi connectivity index (χ0n) is 31.7. The Labute approximate surface area is 329 Å². The van der Waals surface area contributed by atoms with Crippen molar-refractivity contribution in [2.45, 2.75) is 40.0 Å². The van der Waals surface area contributed by atoms with Gasteiger partial charge in [-0.25, -0.2) is 0 Å². The van der Waals surface area contributed by atoms with Crippen LogP contribution in [0.2, 0.25) is 0 Å². The van der Waals surface area contributed by atoms with Crippen LogP contribution in [0, 0.1) is 39.0 Å². The fourth-order valence-electron chi connectivity index (χ4n) is 8.29. The van der Waals surface area contributed by atoms with Gasteiger partial charge in [0.15, 0.2) is 0 Å². The summed E-state index contributed by atoms with van der Waals surface area (Å²) in [6.07, 6.45) is -10.1. The Hall–Kier alpha value is -6.79. The number of alkyl halides is 6. The normalized spacial score (nSPS) is 12.3. The Morgan fingerprint density at radius 2 is 0.793 bits per heavy atom. The molecule has 0 unspecified atom stereocenters. The monoisotopic (exact) mass is 777 g/mol.